The van der Waals surface area contributed by atoms with Gasteiger partial charge in [-0.05, 0) is 19.8 Å². The standard InChI is InChI=1S/C12H19N3O4S/c1-7-2-3-8(10(13)16)4-14(7)12(19)15-6-20-5-9(15)11(17)18/h7-9H,2-6H2,1H3,(H2,13,16)(H,17,18)/t7?,8?,9-/m0/s1. The fourth-order valence-corrected chi connectivity index (χ4v) is 3.74. The maximum absolute atomic E-state index is 12.5. The zero-order valence-corrected chi connectivity index (χ0v) is 12.1. The molecule has 8 heteroatoms. The second-order valence-corrected chi connectivity index (χ2v) is 6.28. The third-order valence-corrected chi connectivity index (χ3v) is 4.96. The average molecular weight is 301 g/mol. The Morgan fingerprint density at radius 3 is 2.55 bits per heavy atom. The van der Waals surface area contributed by atoms with Gasteiger partial charge in [0.2, 0.25) is 5.91 Å². The van der Waals surface area contributed by atoms with E-state index in [1.807, 2.05) is 6.92 Å². The molecule has 112 valence electrons. The molecule has 3 amide bonds. The second kappa shape index (κ2) is 5.90. The molecule has 2 unspecified atom stereocenters. The molecule has 2 saturated heterocycles. The van der Waals surface area contributed by atoms with Gasteiger partial charge in [-0.1, -0.05) is 0 Å². The average Bonchev–Trinajstić information content (AvgIpc) is 2.87. The molecular weight excluding hydrogens is 282 g/mol. The maximum Gasteiger partial charge on any atom is 0.327 e. The van der Waals surface area contributed by atoms with E-state index in [4.69, 9.17) is 10.8 Å². The molecule has 2 aliphatic rings. The molecule has 0 radical (unpaired) electrons. The smallest absolute Gasteiger partial charge is 0.327 e. The van der Waals surface area contributed by atoms with Crippen LogP contribution in [-0.4, -0.2) is 63.1 Å². The van der Waals surface area contributed by atoms with Gasteiger partial charge in [0.25, 0.3) is 0 Å². The summed E-state index contributed by atoms with van der Waals surface area (Å²) in [5.41, 5.74) is 5.32. The molecule has 0 bridgehead atoms. The number of urea groups is 1. The third kappa shape index (κ3) is 2.84. The third-order valence-electron chi connectivity index (χ3n) is 3.94. The summed E-state index contributed by atoms with van der Waals surface area (Å²) < 4.78 is 0. The topological polar surface area (TPSA) is 104 Å². The molecule has 2 rings (SSSR count). The van der Waals surface area contributed by atoms with Crippen LogP contribution in [0.4, 0.5) is 4.79 Å². The van der Waals surface area contributed by atoms with Crippen LogP contribution in [0.25, 0.3) is 0 Å². The molecule has 0 spiro atoms. The number of thioether (sulfide) groups is 1. The molecule has 0 aromatic rings. The highest BCUT2D eigenvalue weighted by Gasteiger charge is 2.40. The number of piperidine rings is 1. The fraction of sp³-hybridized carbons (Fsp3) is 0.750. The lowest BCUT2D eigenvalue weighted by Gasteiger charge is -2.39. The van der Waals surface area contributed by atoms with Crippen molar-refractivity contribution in [3.05, 3.63) is 0 Å². The van der Waals surface area contributed by atoms with Crippen LogP contribution < -0.4 is 5.73 Å². The zero-order valence-electron chi connectivity index (χ0n) is 11.3. The number of amides is 3. The number of hydrogen-bond acceptors (Lipinski definition) is 4. The van der Waals surface area contributed by atoms with Gasteiger partial charge >= 0.3 is 12.0 Å². The SMILES string of the molecule is CC1CCC(C(N)=O)CN1C(=O)N1CSC[C@H]1C(=O)O. The molecule has 20 heavy (non-hydrogen) atoms. The van der Waals surface area contributed by atoms with Gasteiger partial charge in [0, 0.05) is 18.3 Å². The summed E-state index contributed by atoms with van der Waals surface area (Å²) in [5.74, 6) is -0.948. The lowest BCUT2D eigenvalue weighted by Crippen LogP contribution is -2.55. The molecule has 7 nitrogen and oxygen atoms in total. The monoisotopic (exact) mass is 301 g/mol. The van der Waals surface area contributed by atoms with E-state index in [0.29, 0.717) is 24.5 Å². The Labute approximate surface area is 121 Å². The van der Waals surface area contributed by atoms with E-state index < -0.39 is 17.9 Å². The summed E-state index contributed by atoms with van der Waals surface area (Å²) >= 11 is 1.43. The van der Waals surface area contributed by atoms with Crippen molar-refractivity contribution < 1.29 is 19.5 Å². The molecule has 0 aromatic heterocycles. The number of likely N-dealkylation sites (tertiary alicyclic amines) is 1. The summed E-state index contributed by atoms with van der Waals surface area (Å²) in [6, 6.07) is -1.09. The van der Waals surface area contributed by atoms with Crippen molar-refractivity contribution in [1.29, 1.82) is 0 Å². The van der Waals surface area contributed by atoms with Crippen LogP contribution in [0.15, 0.2) is 0 Å². The van der Waals surface area contributed by atoms with Crippen LogP contribution in [0.1, 0.15) is 19.8 Å². The Morgan fingerprint density at radius 1 is 1.25 bits per heavy atom. The number of nitrogens with zero attached hydrogens (tertiary/aromatic N) is 2. The number of carboxylic acids is 1. The number of hydrogen-bond donors (Lipinski definition) is 2. The first kappa shape index (κ1) is 15.0. The van der Waals surface area contributed by atoms with Crippen molar-refractivity contribution in [3.63, 3.8) is 0 Å². The van der Waals surface area contributed by atoms with Crippen molar-refractivity contribution in [1.82, 2.24) is 9.80 Å². The van der Waals surface area contributed by atoms with Gasteiger partial charge in [-0.15, -0.1) is 11.8 Å². The number of aliphatic carboxylic acids is 1. The highest BCUT2D eigenvalue weighted by molar-refractivity contribution is 7.99. The molecule has 3 N–H and O–H groups in total. The second-order valence-electron chi connectivity index (χ2n) is 5.28. The van der Waals surface area contributed by atoms with Crippen LogP contribution >= 0.6 is 11.8 Å². The first-order chi connectivity index (χ1) is 9.41. The Morgan fingerprint density at radius 2 is 1.95 bits per heavy atom. The normalized spacial score (nSPS) is 30.4. The maximum atomic E-state index is 12.5. The minimum Gasteiger partial charge on any atom is -0.480 e. The van der Waals surface area contributed by atoms with E-state index in [-0.39, 0.29) is 24.5 Å². The van der Waals surface area contributed by atoms with E-state index in [9.17, 15) is 14.4 Å². The van der Waals surface area contributed by atoms with E-state index in [2.05, 4.69) is 0 Å². The highest BCUT2D eigenvalue weighted by Crippen LogP contribution is 2.27. The van der Waals surface area contributed by atoms with Gasteiger partial charge < -0.3 is 20.6 Å². The van der Waals surface area contributed by atoms with Gasteiger partial charge in [0.15, 0.2) is 0 Å². The zero-order chi connectivity index (χ0) is 14.9. The van der Waals surface area contributed by atoms with Gasteiger partial charge in [0.1, 0.15) is 6.04 Å². The summed E-state index contributed by atoms with van der Waals surface area (Å²) in [6.07, 6.45) is 1.38. The van der Waals surface area contributed by atoms with Crippen molar-refractivity contribution in [3.8, 4) is 0 Å². The molecule has 0 aliphatic carbocycles. The Bertz CT molecular complexity index is 431. The Balaban J connectivity index is 2.10. The largest absolute Gasteiger partial charge is 0.480 e. The lowest BCUT2D eigenvalue weighted by molar-refractivity contribution is -0.141. The number of carbonyl (C=O) groups is 3. The predicted octanol–water partition coefficient (Wildman–Crippen LogP) is 0.152. The summed E-state index contributed by atoms with van der Waals surface area (Å²) in [5, 5.41) is 9.14. The number of carboxylic acid groups (broad SMARTS) is 1. The highest BCUT2D eigenvalue weighted by atomic mass is 32.2. The van der Waals surface area contributed by atoms with Gasteiger partial charge in [-0.25, -0.2) is 9.59 Å². The van der Waals surface area contributed by atoms with Crippen molar-refractivity contribution in [2.75, 3.05) is 18.2 Å². The van der Waals surface area contributed by atoms with Crippen molar-refractivity contribution in [2.45, 2.75) is 31.8 Å². The first-order valence-electron chi connectivity index (χ1n) is 6.59. The Hall–Kier alpha value is -1.44. The summed E-state index contributed by atoms with van der Waals surface area (Å²) in [7, 11) is 0. The summed E-state index contributed by atoms with van der Waals surface area (Å²) in [4.78, 5) is 37.9. The molecular formula is C12H19N3O4S. The number of nitrogens with two attached hydrogens (primary N) is 1. The molecule has 0 saturated carbocycles. The van der Waals surface area contributed by atoms with E-state index in [1.54, 1.807) is 4.90 Å². The van der Waals surface area contributed by atoms with E-state index in [1.165, 1.54) is 16.7 Å². The van der Waals surface area contributed by atoms with Gasteiger partial charge in [0.05, 0.1) is 11.8 Å². The minimum absolute atomic E-state index is 0.00172. The Kier molecular flexibility index (Phi) is 4.42. The number of primary amides is 1. The summed E-state index contributed by atoms with van der Waals surface area (Å²) in [6.45, 7) is 2.19. The van der Waals surface area contributed by atoms with Crippen molar-refractivity contribution >= 4 is 29.7 Å². The number of carbonyl (C=O) groups excluding carboxylic acids is 2. The van der Waals surface area contributed by atoms with Gasteiger partial charge in [-0.2, -0.15) is 0 Å². The van der Waals surface area contributed by atoms with Crippen LogP contribution in [0.5, 0.6) is 0 Å². The quantitative estimate of drug-likeness (QED) is 0.755. The van der Waals surface area contributed by atoms with Gasteiger partial charge in [-0.3, -0.25) is 4.79 Å². The van der Waals surface area contributed by atoms with E-state index in [0.717, 1.165) is 0 Å². The minimum atomic E-state index is -0.987. The van der Waals surface area contributed by atoms with E-state index >= 15 is 0 Å². The number of rotatable bonds is 2. The molecule has 2 aliphatic heterocycles. The fourth-order valence-electron chi connectivity index (χ4n) is 2.61. The molecule has 2 fully saturated rings. The molecule has 3 atom stereocenters. The van der Waals surface area contributed by atoms with Crippen LogP contribution in [0, 0.1) is 5.92 Å². The van der Waals surface area contributed by atoms with Crippen LogP contribution in [-0.2, 0) is 9.59 Å². The van der Waals surface area contributed by atoms with Crippen LogP contribution in [0.3, 0.4) is 0 Å². The first-order valence-corrected chi connectivity index (χ1v) is 7.74. The molecule has 0 aromatic carbocycles. The predicted molar refractivity (Wildman–Crippen MR) is 74.1 cm³/mol. The lowest BCUT2D eigenvalue weighted by atomic mass is 9.93. The van der Waals surface area contributed by atoms with Crippen molar-refractivity contribution in [2.24, 2.45) is 11.7 Å². The molecule has 2 heterocycles. The van der Waals surface area contributed by atoms with Crippen LogP contribution in [0.2, 0.25) is 0 Å².